The van der Waals surface area contributed by atoms with Crippen LogP contribution >= 0.6 is 0 Å². The van der Waals surface area contributed by atoms with Gasteiger partial charge in [-0.25, -0.2) is 4.39 Å². The van der Waals surface area contributed by atoms with Gasteiger partial charge in [0.05, 0.1) is 6.10 Å². The third kappa shape index (κ3) is 5.02. The molecule has 5 aliphatic carbocycles. The predicted molar refractivity (Wildman–Crippen MR) is 180 cm³/mol. The Kier molecular flexibility index (Phi) is 7.78. The number of fused-ring (bicyclic) bond motifs is 5. The Morgan fingerprint density at radius 3 is 2.57 bits per heavy atom. The van der Waals surface area contributed by atoms with Gasteiger partial charge in [-0.15, -0.1) is 0 Å². The summed E-state index contributed by atoms with van der Waals surface area (Å²) in [7, 11) is 0. The van der Waals surface area contributed by atoms with Gasteiger partial charge in [-0.05, 0) is 140 Å². The molecule has 4 nitrogen and oxygen atoms in total. The normalized spacial score (nSPS) is 33.8. The first-order valence-electron chi connectivity index (χ1n) is 18.3. The zero-order valence-corrected chi connectivity index (χ0v) is 27.8. The molecule has 3 aromatic rings. The summed E-state index contributed by atoms with van der Waals surface area (Å²) in [5, 5.41) is 0.905. The molecule has 2 aromatic carbocycles. The van der Waals surface area contributed by atoms with Crippen LogP contribution < -0.4 is 0 Å². The van der Waals surface area contributed by atoms with Crippen LogP contribution in [0.25, 0.3) is 22.2 Å². The fourth-order valence-electron chi connectivity index (χ4n) is 11.4. The summed E-state index contributed by atoms with van der Waals surface area (Å²) >= 11 is 0. The maximum Gasteiger partial charge on any atom is 0.163 e. The summed E-state index contributed by atoms with van der Waals surface area (Å²) in [6, 6.07) is 11.7. The van der Waals surface area contributed by atoms with Crippen LogP contribution in [0.4, 0.5) is 4.39 Å². The van der Waals surface area contributed by atoms with Crippen molar-refractivity contribution in [1.29, 1.82) is 0 Å². The van der Waals surface area contributed by atoms with E-state index in [4.69, 9.17) is 4.74 Å². The maximum atomic E-state index is 14.3. The van der Waals surface area contributed by atoms with Gasteiger partial charge in [-0.3, -0.25) is 9.59 Å². The van der Waals surface area contributed by atoms with Gasteiger partial charge in [0.2, 0.25) is 0 Å². The van der Waals surface area contributed by atoms with Crippen molar-refractivity contribution in [2.45, 2.75) is 116 Å². The Bertz CT molecular complexity index is 1660. The quantitative estimate of drug-likeness (QED) is 0.267. The lowest BCUT2D eigenvalue weighted by Gasteiger charge is -2.60. The standard InChI is InChI=1S/C41H50FNO3/c1-40-19-17-29(44)22-27(40)13-14-30-33-15-16-37(41(33,2)20-18-34(30)40)46-21-4-3-6-25-9-11-26(12-10-25)39-31-7-5-8-36(45)32-23-28(42)24-35(43-39)38(31)32/h9-12,23-24,27,30,33-34,37,43H,3-8,13-22H2,1-2H3/t27-,30-,33-,34-,37-,40-,41-/m0/s1. The average molecular weight is 624 g/mol. The van der Waals surface area contributed by atoms with Crippen LogP contribution in [0.1, 0.15) is 119 Å². The molecule has 5 aliphatic rings. The van der Waals surface area contributed by atoms with Gasteiger partial charge in [0.15, 0.2) is 5.78 Å². The molecule has 4 saturated carbocycles. The minimum absolute atomic E-state index is 0.0398. The topological polar surface area (TPSA) is 59.2 Å². The van der Waals surface area contributed by atoms with E-state index in [1.165, 1.54) is 56.2 Å². The SMILES string of the molecule is C[C@]12CCC(=O)C[C@@H]1CC[C@@H]1[C@@H]2CC[C@]2(C)[C@@H](OCCCCc3ccc(-c4[nH]c5cc(F)cc6c5c4CCCC6=O)cc3)CC[C@@H]12. The molecule has 1 N–H and O–H groups in total. The highest BCUT2D eigenvalue weighted by Gasteiger charge is 2.60. The molecule has 8 rings (SSSR count). The molecule has 1 heterocycles. The van der Waals surface area contributed by atoms with E-state index in [9.17, 15) is 14.0 Å². The zero-order valence-electron chi connectivity index (χ0n) is 27.8. The smallest absolute Gasteiger partial charge is 0.163 e. The van der Waals surface area contributed by atoms with E-state index in [2.05, 4.69) is 43.1 Å². The minimum Gasteiger partial charge on any atom is -0.378 e. The molecule has 4 fully saturated rings. The number of H-pyrrole nitrogens is 1. The number of Topliss-reactive ketones (excluding diaryl/α,β-unsaturated/α-hetero) is 2. The molecular weight excluding hydrogens is 573 g/mol. The molecule has 0 amide bonds. The number of aryl methyl sites for hydroxylation is 2. The van der Waals surface area contributed by atoms with Gasteiger partial charge in [0, 0.05) is 48.0 Å². The van der Waals surface area contributed by atoms with Crippen molar-refractivity contribution in [2.75, 3.05) is 6.61 Å². The van der Waals surface area contributed by atoms with E-state index in [0.717, 1.165) is 103 Å². The van der Waals surface area contributed by atoms with Crippen molar-refractivity contribution in [3.63, 3.8) is 0 Å². The average Bonchev–Trinajstić information content (AvgIpc) is 3.52. The van der Waals surface area contributed by atoms with Gasteiger partial charge < -0.3 is 9.72 Å². The Hall–Kier alpha value is -2.79. The molecule has 5 heteroatoms. The molecule has 0 saturated heterocycles. The number of ketones is 2. The minimum atomic E-state index is -0.360. The van der Waals surface area contributed by atoms with Crippen LogP contribution in [-0.4, -0.2) is 29.3 Å². The summed E-state index contributed by atoms with van der Waals surface area (Å²) in [6.07, 6.45) is 16.2. The Morgan fingerprint density at radius 1 is 0.891 bits per heavy atom. The first-order valence-corrected chi connectivity index (χ1v) is 18.3. The van der Waals surface area contributed by atoms with E-state index in [0.29, 0.717) is 40.6 Å². The Labute approximate surface area is 273 Å². The number of hydrogen-bond donors (Lipinski definition) is 1. The number of aromatic amines is 1. The summed E-state index contributed by atoms with van der Waals surface area (Å²) in [5.41, 5.74) is 6.52. The van der Waals surface area contributed by atoms with E-state index in [-0.39, 0.29) is 11.6 Å². The van der Waals surface area contributed by atoms with Crippen molar-refractivity contribution in [3.05, 3.63) is 58.9 Å². The second kappa shape index (κ2) is 11.7. The van der Waals surface area contributed by atoms with Crippen LogP contribution in [0.5, 0.6) is 0 Å². The number of rotatable bonds is 7. The first-order chi connectivity index (χ1) is 22.2. The molecule has 0 unspecified atom stereocenters. The number of benzene rings is 2. The summed E-state index contributed by atoms with van der Waals surface area (Å²) in [4.78, 5) is 28.3. The molecule has 0 spiro atoms. The fourth-order valence-corrected chi connectivity index (χ4v) is 11.4. The molecule has 0 radical (unpaired) electrons. The molecule has 0 bridgehead atoms. The van der Waals surface area contributed by atoms with E-state index in [1.54, 1.807) is 0 Å². The Balaban J connectivity index is 0.858. The second-order valence-corrected chi connectivity index (χ2v) is 16.2. The number of aromatic nitrogens is 1. The van der Waals surface area contributed by atoms with Crippen LogP contribution in [-0.2, 0) is 22.4 Å². The third-order valence-corrected chi connectivity index (χ3v) is 13.9. The molecule has 46 heavy (non-hydrogen) atoms. The van der Waals surface area contributed by atoms with E-state index < -0.39 is 0 Å². The van der Waals surface area contributed by atoms with Gasteiger partial charge in [-0.1, -0.05) is 38.1 Å². The lowest BCUT2D eigenvalue weighted by Crippen LogP contribution is -2.54. The van der Waals surface area contributed by atoms with Crippen molar-refractivity contribution in [1.82, 2.24) is 4.98 Å². The molecular formula is C41H50FNO3. The van der Waals surface area contributed by atoms with Crippen LogP contribution in [0.3, 0.4) is 0 Å². The number of halogens is 1. The van der Waals surface area contributed by atoms with E-state index >= 15 is 0 Å². The van der Waals surface area contributed by atoms with Crippen LogP contribution in [0.15, 0.2) is 36.4 Å². The highest BCUT2D eigenvalue weighted by molar-refractivity contribution is 6.11. The van der Waals surface area contributed by atoms with Crippen molar-refractivity contribution in [3.8, 4) is 11.3 Å². The zero-order chi connectivity index (χ0) is 31.6. The van der Waals surface area contributed by atoms with Crippen molar-refractivity contribution >= 4 is 22.5 Å². The Morgan fingerprint density at radius 2 is 1.72 bits per heavy atom. The monoisotopic (exact) mass is 623 g/mol. The number of ether oxygens (including phenoxy) is 1. The van der Waals surface area contributed by atoms with E-state index in [1.807, 2.05) is 0 Å². The number of carbonyl (C=O) groups excluding carboxylic acids is 2. The summed E-state index contributed by atoms with van der Waals surface area (Å²) < 4.78 is 21.0. The second-order valence-electron chi connectivity index (χ2n) is 16.2. The molecule has 0 aliphatic heterocycles. The fraction of sp³-hybridized carbons (Fsp3) is 0.610. The number of nitrogens with one attached hydrogen (secondary N) is 1. The molecule has 7 atom stereocenters. The predicted octanol–water partition coefficient (Wildman–Crippen LogP) is 9.81. The van der Waals surface area contributed by atoms with Gasteiger partial charge >= 0.3 is 0 Å². The van der Waals surface area contributed by atoms with Crippen molar-refractivity contribution < 1.29 is 18.7 Å². The van der Waals surface area contributed by atoms with Crippen LogP contribution in [0, 0.1) is 40.3 Å². The highest BCUT2D eigenvalue weighted by atomic mass is 19.1. The molecule has 1 aromatic heterocycles. The number of unbranched alkanes of at least 4 members (excludes halogenated alkanes) is 1. The first kappa shape index (κ1) is 30.5. The largest absolute Gasteiger partial charge is 0.378 e. The van der Waals surface area contributed by atoms with Crippen LogP contribution in [0.2, 0.25) is 0 Å². The van der Waals surface area contributed by atoms with Gasteiger partial charge in [0.1, 0.15) is 11.6 Å². The van der Waals surface area contributed by atoms with Gasteiger partial charge in [-0.2, -0.15) is 0 Å². The molecule has 244 valence electrons. The third-order valence-electron chi connectivity index (χ3n) is 13.9. The highest BCUT2D eigenvalue weighted by Crippen LogP contribution is 2.66. The summed E-state index contributed by atoms with van der Waals surface area (Å²) in [6.45, 7) is 5.93. The number of hydrogen-bond acceptors (Lipinski definition) is 3. The summed E-state index contributed by atoms with van der Waals surface area (Å²) in [5.74, 6) is 3.22. The lowest BCUT2D eigenvalue weighted by atomic mass is 9.45. The van der Waals surface area contributed by atoms with Crippen molar-refractivity contribution in [2.24, 2.45) is 34.5 Å². The lowest BCUT2D eigenvalue weighted by molar-refractivity contribution is -0.145. The van der Waals surface area contributed by atoms with Gasteiger partial charge in [0.25, 0.3) is 0 Å². The maximum absolute atomic E-state index is 14.3. The number of carbonyl (C=O) groups is 2.